The van der Waals surface area contributed by atoms with Crippen LogP contribution in [-0.4, -0.2) is 16.9 Å². The molecule has 4 nitrogen and oxygen atoms in total. The zero-order chi connectivity index (χ0) is 13.0. The number of aryl methyl sites for hydroxylation is 1. The Morgan fingerprint density at radius 1 is 1.33 bits per heavy atom. The fourth-order valence-corrected chi connectivity index (χ4v) is 1.84. The number of methoxy groups -OCH3 is 1. The molecule has 0 aliphatic rings. The standard InChI is InChI=1S/C14H19N3O/c1-11(13-4-6-14(18-3)7-5-13)15-8-12-9-16-17(2)10-12/h4-7,9-11,15H,8H2,1-3H3. The molecule has 0 aliphatic carbocycles. The van der Waals surface area contributed by atoms with Crippen LogP contribution in [0.25, 0.3) is 0 Å². The van der Waals surface area contributed by atoms with Gasteiger partial charge < -0.3 is 10.1 Å². The van der Waals surface area contributed by atoms with Gasteiger partial charge in [-0.1, -0.05) is 12.1 Å². The van der Waals surface area contributed by atoms with Crippen molar-refractivity contribution >= 4 is 0 Å². The van der Waals surface area contributed by atoms with Gasteiger partial charge in [-0.3, -0.25) is 4.68 Å². The fraction of sp³-hybridized carbons (Fsp3) is 0.357. The Morgan fingerprint density at radius 3 is 2.61 bits per heavy atom. The first kappa shape index (κ1) is 12.6. The summed E-state index contributed by atoms with van der Waals surface area (Å²) in [5.74, 6) is 0.887. The Morgan fingerprint density at radius 2 is 2.06 bits per heavy atom. The van der Waals surface area contributed by atoms with Crippen molar-refractivity contribution in [3.05, 3.63) is 47.8 Å². The number of aromatic nitrogens is 2. The Balaban J connectivity index is 1.92. The van der Waals surface area contributed by atoms with Gasteiger partial charge in [-0.15, -0.1) is 0 Å². The van der Waals surface area contributed by atoms with E-state index in [1.165, 1.54) is 11.1 Å². The van der Waals surface area contributed by atoms with Crippen molar-refractivity contribution in [2.24, 2.45) is 7.05 Å². The summed E-state index contributed by atoms with van der Waals surface area (Å²) in [6, 6.07) is 8.44. The molecule has 0 amide bonds. The number of rotatable bonds is 5. The predicted molar refractivity (Wildman–Crippen MR) is 71.5 cm³/mol. The molecule has 0 fully saturated rings. The molecular weight excluding hydrogens is 226 g/mol. The van der Waals surface area contributed by atoms with Gasteiger partial charge in [-0.05, 0) is 24.6 Å². The van der Waals surface area contributed by atoms with Crippen LogP contribution in [0.3, 0.4) is 0 Å². The van der Waals surface area contributed by atoms with Crippen molar-refractivity contribution in [3.8, 4) is 5.75 Å². The minimum atomic E-state index is 0.302. The number of nitrogens with zero attached hydrogens (tertiary/aromatic N) is 2. The van der Waals surface area contributed by atoms with Crippen LogP contribution in [0.4, 0.5) is 0 Å². The van der Waals surface area contributed by atoms with Crippen LogP contribution in [0.2, 0.25) is 0 Å². The van der Waals surface area contributed by atoms with Gasteiger partial charge in [0, 0.05) is 31.4 Å². The lowest BCUT2D eigenvalue weighted by atomic mass is 10.1. The van der Waals surface area contributed by atoms with Gasteiger partial charge in [0.05, 0.1) is 13.3 Å². The highest BCUT2D eigenvalue weighted by molar-refractivity contribution is 5.28. The largest absolute Gasteiger partial charge is 0.497 e. The predicted octanol–water partition coefficient (Wildman–Crippen LogP) is 2.28. The quantitative estimate of drug-likeness (QED) is 0.878. The van der Waals surface area contributed by atoms with Gasteiger partial charge in [0.2, 0.25) is 0 Å². The summed E-state index contributed by atoms with van der Waals surface area (Å²) in [5, 5.41) is 7.62. The summed E-state index contributed by atoms with van der Waals surface area (Å²) < 4.78 is 6.96. The summed E-state index contributed by atoms with van der Waals surface area (Å²) in [4.78, 5) is 0. The zero-order valence-electron chi connectivity index (χ0n) is 11.1. The highest BCUT2D eigenvalue weighted by atomic mass is 16.5. The van der Waals surface area contributed by atoms with Crippen LogP contribution < -0.4 is 10.1 Å². The number of benzene rings is 1. The molecule has 1 unspecified atom stereocenters. The normalized spacial score (nSPS) is 12.4. The van der Waals surface area contributed by atoms with E-state index in [-0.39, 0.29) is 0 Å². The minimum Gasteiger partial charge on any atom is -0.497 e. The van der Waals surface area contributed by atoms with Crippen molar-refractivity contribution in [3.63, 3.8) is 0 Å². The molecule has 0 bridgehead atoms. The molecule has 2 rings (SSSR count). The van der Waals surface area contributed by atoms with Crippen LogP contribution in [-0.2, 0) is 13.6 Å². The summed E-state index contributed by atoms with van der Waals surface area (Å²) in [5.41, 5.74) is 2.44. The first-order valence-corrected chi connectivity index (χ1v) is 6.04. The molecule has 0 saturated carbocycles. The molecule has 0 spiro atoms. The van der Waals surface area contributed by atoms with Crippen LogP contribution >= 0.6 is 0 Å². The van der Waals surface area contributed by atoms with Crippen LogP contribution in [0, 0.1) is 0 Å². The van der Waals surface area contributed by atoms with Gasteiger partial charge in [0.1, 0.15) is 5.75 Å². The van der Waals surface area contributed by atoms with E-state index in [4.69, 9.17) is 4.74 Å². The van der Waals surface area contributed by atoms with E-state index in [1.54, 1.807) is 7.11 Å². The summed E-state index contributed by atoms with van der Waals surface area (Å²) in [7, 11) is 3.61. The number of ether oxygens (including phenoxy) is 1. The third-order valence-electron chi connectivity index (χ3n) is 2.99. The minimum absolute atomic E-state index is 0.302. The molecule has 0 radical (unpaired) electrons. The van der Waals surface area contributed by atoms with E-state index in [0.717, 1.165) is 12.3 Å². The molecule has 18 heavy (non-hydrogen) atoms. The molecule has 1 atom stereocenters. The molecule has 4 heteroatoms. The van der Waals surface area contributed by atoms with E-state index in [9.17, 15) is 0 Å². The smallest absolute Gasteiger partial charge is 0.118 e. The average Bonchev–Trinajstić information content (AvgIpc) is 2.82. The van der Waals surface area contributed by atoms with Crippen molar-refractivity contribution in [1.29, 1.82) is 0 Å². The Bertz CT molecular complexity index is 490. The van der Waals surface area contributed by atoms with E-state index in [1.807, 2.05) is 36.3 Å². The van der Waals surface area contributed by atoms with E-state index in [0.29, 0.717) is 6.04 Å². The highest BCUT2D eigenvalue weighted by Crippen LogP contribution is 2.17. The first-order chi connectivity index (χ1) is 8.69. The number of nitrogens with one attached hydrogen (secondary N) is 1. The second-order valence-electron chi connectivity index (χ2n) is 4.40. The lowest BCUT2D eigenvalue weighted by molar-refractivity contribution is 0.414. The van der Waals surface area contributed by atoms with Gasteiger partial charge in [0.25, 0.3) is 0 Å². The van der Waals surface area contributed by atoms with Crippen LogP contribution in [0.1, 0.15) is 24.1 Å². The molecule has 1 N–H and O–H groups in total. The number of hydrogen-bond donors (Lipinski definition) is 1. The Hall–Kier alpha value is -1.81. The molecule has 0 aliphatic heterocycles. The molecule has 1 heterocycles. The Labute approximate surface area is 108 Å². The van der Waals surface area contributed by atoms with Crippen LogP contribution in [0.15, 0.2) is 36.7 Å². The fourth-order valence-electron chi connectivity index (χ4n) is 1.84. The lowest BCUT2D eigenvalue weighted by Gasteiger charge is -2.14. The SMILES string of the molecule is COc1ccc(C(C)NCc2cnn(C)c2)cc1. The molecule has 2 aromatic rings. The highest BCUT2D eigenvalue weighted by Gasteiger charge is 2.05. The van der Waals surface area contributed by atoms with Gasteiger partial charge in [-0.25, -0.2) is 0 Å². The van der Waals surface area contributed by atoms with Crippen LogP contribution in [0.5, 0.6) is 5.75 Å². The zero-order valence-corrected chi connectivity index (χ0v) is 11.1. The molecule has 1 aromatic carbocycles. The van der Waals surface area contributed by atoms with Crippen molar-refractivity contribution < 1.29 is 4.74 Å². The first-order valence-electron chi connectivity index (χ1n) is 6.04. The third kappa shape index (κ3) is 3.11. The maximum absolute atomic E-state index is 5.15. The van der Waals surface area contributed by atoms with Crippen molar-refractivity contribution in [1.82, 2.24) is 15.1 Å². The summed E-state index contributed by atoms with van der Waals surface area (Å²) >= 11 is 0. The summed E-state index contributed by atoms with van der Waals surface area (Å²) in [6.07, 6.45) is 3.90. The molecular formula is C14H19N3O. The second-order valence-corrected chi connectivity index (χ2v) is 4.40. The Kier molecular flexibility index (Phi) is 3.99. The molecule has 1 aromatic heterocycles. The van der Waals surface area contributed by atoms with Gasteiger partial charge >= 0.3 is 0 Å². The maximum Gasteiger partial charge on any atom is 0.118 e. The second kappa shape index (κ2) is 5.69. The number of hydrogen-bond acceptors (Lipinski definition) is 3. The van der Waals surface area contributed by atoms with Crippen molar-refractivity contribution in [2.75, 3.05) is 7.11 Å². The van der Waals surface area contributed by atoms with Gasteiger partial charge in [-0.2, -0.15) is 5.10 Å². The summed E-state index contributed by atoms with van der Waals surface area (Å²) in [6.45, 7) is 2.97. The monoisotopic (exact) mass is 245 g/mol. The lowest BCUT2D eigenvalue weighted by Crippen LogP contribution is -2.17. The van der Waals surface area contributed by atoms with Crippen molar-refractivity contribution in [2.45, 2.75) is 19.5 Å². The molecule has 0 saturated heterocycles. The average molecular weight is 245 g/mol. The third-order valence-corrected chi connectivity index (χ3v) is 2.99. The topological polar surface area (TPSA) is 39.1 Å². The molecule has 96 valence electrons. The van der Waals surface area contributed by atoms with Gasteiger partial charge in [0.15, 0.2) is 0 Å². The van der Waals surface area contributed by atoms with E-state index >= 15 is 0 Å². The van der Waals surface area contributed by atoms with E-state index in [2.05, 4.69) is 29.5 Å². The van der Waals surface area contributed by atoms with E-state index < -0.39 is 0 Å². The maximum atomic E-state index is 5.15.